The number of piperidine rings is 1. The third kappa shape index (κ3) is 4.47. The van der Waals surface area contributed by atoms with Gasteiger partial charge < -0.3 is 10.6 Å². The fourth-order valence-corrected chi connectivity index (χ4v) is 3.19. The Morgan fingerprint density at radius 1 is 1.23 bits per heavy atom. The van der Waals surface area contributed by atoms with Crippen molar-refractivity contribution in [2.75, 3.05) is 32.7 Å². The maximum atomic E-state index is 4.48. The Hall–Kier alpha value is -1.55. The molecular weight excluding hydrogens is 272 g/mol. The fourth-order valence-electron chi connectivity index (χ4n) is 3.19. The van der Waals surface area contributed by atoms with Crippen molar-refractivity contribution in [2.24, 2.45) is 10.9 Å². The van der Waals surface area contributed by atoms with Gasteiger partial charge in [-0.25, -0.2) is 0 Å². The van der Waals surface area contributed by atoms with Crippen molar-refractivity contribution in [1.29, 1.82) is 0 Å². The SMILES string of the molecule is Cc1ccc(CN2CCC(CNC3=NCCCN3)CC2)cc1. The lowest BCUT2D eigenvalue weighted by Gasteiger charge is -2.32. The summed E-state index contributed by atoms with van der Waals surface area (Å²) in [5, 5.41) is 6.82. The number of guanidine groups is 1. The number of hydrogen-bond acceptors (Lipinski definition) is 4. The molecule has 2 N–H and O–H groups in total. The summed E-state index contributed by atoms with van der Waals surface area (Å²) in [6.07, 6.45) is 3.72. The van der Waals surface area contributed by atoms with Crippen LogP contribution in [0, 0.1) is 12.8 Å². The van der Waals surface area contributed by atoms with E-state index in [0.29, 0.717) is 0 Å². The second kappa shape index (κ2) is 7.63. The molecule has 2 heterocycles. The van der Waals surface area contributed by atoms with Gasteiger partial charge in [0, 0.05) is 26.2 Å². The molecule has 0 atom stereocenters. The van der Waals surface area contributed by atoms with Crippen molar-refractivity contribution >= 4 is 5.96 Å². The van der Waals surface area contributed by atoms with Crippen molar-refractivity contribution in [2.45, 2.75) is 32.7 Å². The number of hydrogen-bond donors (Lipinski definition) is 2. The maximum absolute atomic E-state index is 4.48. The molecule has 0 amide bonds. The van der Waals surface area contributed by atoms with Gasteiger partial charge in [0.2, 0.25) is 0 Å². The van der Waals surface area contributed by atoms with E-state index in [0.717, 1.165) is 44.5 Å². The molecule has 0 spiro atoms. The summed E-state index contributed by atoms with van der Waals surface area (Å²) < 4.78 is 0. The van der Waals surface area contributed by atoms with Crippen LogP contribution in [0.1, 0.15) is 30.4 Å². The van der Waals surface area contributed by atoms with Crippen LogP contribution >= 0.6 is 0 Å². The summed E-state index contributed by atoms with van der Waals surface area (Å²) in [6, 6.07) is 8.94. The summed E-state index contributed by atoms with van der Waals surface area (Å²) >= 11 is 0. The summed E-state index contributed by atoms with van der Waals surface area (Å²) in [6.45, 7) is 8.73. The van der Waals surface area contributed by atoms with Gasteiger partial charge in [-0.05, 0) is 50.8 Å². The first-order valence-electron chi connectivity index (χ1n) is 8.60. The van der Waals surface area contributed by atoms with Crippen molar-refractivity contribution < 1.29 is 0 Å². The second-order valence-electron chi connectivity index (χ2n) is 6.60. The number of aryl methyl sites for hydroxylation is 1. The van der Waals surface area contributed by atoms with Crippen LogP contribution in [-0.2, 0) is 6.54 Å². The molecule has 0 radical (unpaired) electrons. The smallest absolute Gasteiger partial charge is 0.191 e. The average Bonchev–Trinajstić information content (AvgIpc) is 2.57. The summed E-state index contributed by atoms with van der Waals surface area (Å²) in [7, 11) is 0. The van der Waals surface area contributed by atoms with Crippen LogP contribution < -0.4 is 10.6 Å². The first-order valence-corrected chi connectivity index (χ1v) is 8.60. The van der Waals surface area contributed by atoms with Crippen LogP contribution in [0.3, 0.4) is 0 Å². The second-order valence-corrected chi connectivity index (χ2v) is 6.60. The molecule has 0 aromatic heterocycles. The standard InChI is InChI=1S/C18H28N4/c1-15-3-5-17(6-4-15)14-22-11-7-16(8-12-22)13-21-18-19-9-2-10-20-18/h3-6,16H,2,7-14H2,1H3,(H2,19,20,21). The van der Waals surface area contributed by atoms with E-state index in [9.17, 15) is 0 Å². The predicted molar refractivity (Wildman–Crippen MR) is 92.1 cm³/mol. The minimum atomic E-state index is 0.778. The van der Waals surface area contributed by atoms with Gasteiger partial charge >= 0.3 is 0 Å². The molecule has 1 saturated heterocycles. The zero-order valence-electron chi connectivity index (χ0n) is 13.6. The number of nitrogens with one attached hydrogen (secondary N) is 2. The largest absolute Gasteiger partial charge is 0.356 e. The highest BCUT2D eigenvalue weighted by Crippen LogP contribution is 2.18. The van der Waals surface area contributed by atoms with Gasteiger partial charge in [-0.1, -0.05) is 29.8 Å². The van der Waals surface area contributed by atoms with Gasteiger partial charge in [0.25, 0.3) is 0 Å². The lowest BCUT2D eigenvalue weighted by molar-refractivity contribution is 0.178. The van der Waals surface area contributed by atoms with Gasteiger partial charge in [-0.2, -0.15) is 0 Å². The molecule has 0 unspecified atom stereocenters. The van der Waals surface area contributed by atoms with Crippen LogP contribution in [0.25, 0.3) is 0 Å². The van der Waals surface area contributed by atoms with Crippen molar-refractivity contribution in [1.82, 2.24) is 15.5 Å². The fraction of sp³-hybridized carbons (Fsp3) is 0.611. The number of likely N-dealkylation sites (tertiary alicyclic amines) is 1. The lowest BCUT2D eigenvalue weighted by Crippen LogP contribution is -2.44. The van der Waals surface area contributed by atoms with E-state index in [1.807, 2.05) is 0 Å². The van der Waals surface area contributed by atoms with Gasteiger partial charge in [0.1, 0.15) is 0 Å². The Bertz CT molecular complexity index is 486. The molecule has 1 fully saturated rings. The van der Waals surface area contributed by atoms with Gasteiger partial charge in [0.05, 0.1) is 0 Å². The molecular formula is C18H28N4. The van der Waals surface area contributed by atoms with Crippen LogP contribution in [-0.4, -0.2) is 43.6 Å². The van der Waals surface area contributed by atoms with Crippen LogP contribution in [0.4, 0.5) is 0 Å². The van der Waals surface area contributed by atoms with E-state index in [4.69, 9.17) is 0 Å². The molecule has 22 heavy (non-hydrogen) atoms. The Labute approximate surface area is 134 Å². The van der Waals surface area contributed by atoms with E-state index in [2.05, 4.69) is 51.7 Å². The summed E-state index contributed by atoms with van der Waals surface area (Å²) in [4.78, 5) is 7.06. The predicted octanol–water partition coefficient (Wildman–Crippen LogP) is 2.15. The highest BCUT2D eigenvalue weighted by molar-refractivity contribution is 5.80. The lowest BCUT2D eigenvalue weighted by atomic mass is 9.96. The number of rotatable bonds is 4. The molecule has 0 bridgehead atoms. The quantitative estimate of drug-likeness (QED) is 0.895. The molecule has 1 aromatic rings. The van der Waals surface area contributed by atoms with E-state index >= 15 is 0 Å². The minimum absolute atomic E-state index is 0.778. The number of aliphatic imine (C=N–C) groups is 1. The summed E-state index contributed by atoms with van der Waals surface area (Å²) in [5.41, 5.74) is 2.77. The molecule has 0 aliphatic carbocycles. The Kier molecular flexibility index (Phi) is 5.33. The van der Waals surface area contributed by atoms with Gasteiger partial charge in [0.15, 0.2) is 5.96 Å². The molecule has 3 rings (SSSR count). The third-order valence-corrected chi connectivity index (χ3v) is 4.69. The zero-order chi connectivity index (χ0) is 15.2. The summed E-state index contributed by atoms with van der Waals surface area (Å²) in [5.74, 6) is 1.79. The van der Waals surface area contributed by atoms with E-state index in [1.165, 1.54) is 37.1 Å². The van der Waals surface area contributed by atoms with E-state index in [-0.39, 0.29) is 0 Å². The van der Waals surface area contributed by atoms with Crippen LogP contribution in [0.15, 0.2) is 29.3 Å². The molecule has 4 heteroatoms. The topological polar surface area (TPSA) is 39.7 Å². The molecule has 4 nitrogen and oxygen atoms in total. The van der Waals surface area contributed by atoms with Crippen LogP contribution in [0.2, 0.25) is 0 Å². The van der Waals surface area contributed by atoms with Crippen molar-refractivity contribution in [3.05, 3.63) is 35.4 Å². The average molecular weight is 300 g/mol. The Morgan fingerprint density at radius 3 is 2.68 bits per heavy atom. The highest BCUT2D eigenvalue weighted by atomic mass is 15.2. The van der Waals surface area contributed by atoms with E-state index in [1.54, 1.807) is 0 Å². The number of nitrogens with zero attached hydrogens (tertiary/aromatic N) is 2. The third-order valence-electron chi connectivity index (χ3n) is 4.69. The molecule has 2 aliphatic heterocycles. The van der Waals surface area contributed by atoms with Crippen molar-refractivity contribution in [3.8, 4) is 0 Å². The minimum Gasteiger partial charge on any atom is -0.356 e. The highest BCUT2D eigenvalue weighted by Gasteiger charge is 2.19. The monoisotopic (exact) mass is 300 g/mol. The normalized spacial score (nSPS) is 20.3. The first-order chi connectivity index (χ1) is 10.8. The molecule has 120 valence electrons. The van der Waals surface area contributed by atoms with Crippen molar-refractivity contribution in [3.63, 3.8) is 0 Å². The van der Waals surface area contributed by atoms with Crippen LogP contribution in [0.5, 0.6) is 0 Å². The zero-order valence-corrected chi connectivity index (χ0v) is 13.6. The molecule has 0 saturated carbocycles. The van der Waals surface area contributed by atoms with Gasteiger partial charge in [-0.15, -0.1) is 0 Å². The molecule has 1 aromatic carbocycles. The Balaban J connectivity index is 1.38. The molecule has 2 aliphatic rings. The Morgan fingerprint density at radius 2 is 2.00 bits per heavy atom. The van der Waals surface area contributed by atoms with Gasteiger partial charge in [-0.3, -0.25) is 9.89 Å². The maximum Gasteiger partial charge on any atom is 0.191 e. The first kappa shape index (κ1) is 15.3. The number of benzene rings is 1. The van der Waals surface area contributed by atoms with E-state index < -0.39 is 0 Å².